The van der Waals surface area contributed by atoms with Crippen molar-refractivity contribution in [1.82, 2.24) is 4.90 Å². The van der Waals surface area contributed by atoms with Gasteiger partial charge in [-0.05, 0) is 32.3 Å². The van der Waals surface area contributed by atoms with E-state index in [1.807, 2.05) is 4.90 Å². The summed E-state index contributed by atoms with van der Waals surface area (Å²) >= 11 is 0. The topological polar surface area (TPSA) is 50.8 Å². The fraction of sp³-hybridized carbons (Fsp3) is 0.538. The van der Waals surface area contributed by atoms with E-state index in [2.05, 4.69) is 0 Å². The Labute approximate surface area is 106 Å². The van der Waals surface area contributed by atoms with Gasteiger partial charge in [-0.25, -0.2) is 8.78 Å². The van der Waals surface area contributed by atoms with E-state index in [4.69, 9.17) is 10.5 Å². The molecule has 0 spiro atoms. The molecule has 1 aliphatic heterocycles. The van der Waals surface area contributed by atoms with Gasteiger partial charge < -0.3 is 4.90 Å². The first kappa shape index (κ1) is 14.2. The van der Waals surface area contributed by atoms with Crippen LogP contribution >= 0.6 is 0 Å². The van der Waals surface area contributed by atoms with Gasteiger partial charge in [0.2, 0.25) is 0 Å². The summed E-state index contributed by atoms with van der Waals surface area (Å²) in [5, 5.41) is 17.5. The van der Waals surface area contributed by atoms with E-state index in [1.54, 1.807) is 19.1 Å². The second-order valence-corrected chi connectivity index (χ2v) is 4.22. The Morgan fingerprint density at radius 2 is 1.61 bits per heavy atom. The molecule has 0 unspecified atom stereocenters. The zero-order valence-electron chi connectivity index (χ0n) is 10.5. The smallest absolute Gasteiger partial charge is 0.265 e. The molecular formula is C13H15F2N3. The summed E-state index contributed by atoms with van der Waals surface area (Å²) in [6.07, 6.45) is -0.706. The highest BCUT2D eigenvalue weighted by molar-refractivity contribution is 5.49. The van der Waals surface area contributed by atoms with Crippen molar-refractivity contribution in [2.24, 2.45) is 0 Å². The largest absolute Gasteiger partial charge is 0.375 e. The Morgan fingerprint density at radius 1 is 1.11 bits per heavy atom. The summed E-state index contributed by atoms with van der Waals surface area (Å²) in [7, 11) is 0. The first-order valence-corrected chi connectivity index (χ1v) is 5.78. The highest BCUT2D eigenvalue weighted by Gasteiger charge is 2.23. The van der Waals surface area contributed by atoms with Gasteiger partial charge in [-0.1, -0.05) is 0 Å². The van der Waals surface area contributed by atoms with Crippen LogP contribution in [0.25, 0.3) is 0 Å². The molecule has 0 aromatic heterocycles. The molecule has 0 N–H and O–H groups in total. The van der Waals surface area contributed by atoms with Crippen molar-refractivity contribution in [3.63, 3.8) is 0 Å². The van der Waals surface area contributed by atoms with Crippen LogP contribution in [0, 0.1) is 22.7 Å². The van der Waals surface area contributed by atoms with Gasteiger partial charge in [-0.2, -0.15) is 10.5 Å². The van der Waals surface area contributed by atoms with Crippen molar-refractivity contribution < 1.29 is 8.78 Å². The second-order valence-electron chi connectivity index (χ2n) is 4.22. The van der Waals surface area contributed by atoms with Crippen molar-refractivity contribution in [3.05, 3.63) is 22.4 Å². The molecule has 0 radical (unpaired) electrons. The van der Waals surface area contributed by atoms with Crippen LogP contribution in [-0.2, 0) is 0 Å². The monoisotopic (exact) mass is 251 g/mol. The molecule has 5 heteroatoms. The SMILES string of the molecule is CC(=C(C#N)C#N)/C(=C(\C)N1CCCC1)C(F)F. The van der Waals surface area contributed by atoms with Gasteiger partial charge in [0.15, 0.2) is 0 Å². The molecule has 0 atom stereocenters. The average molecular weight is 251 g/mol. The molecule has 1 fully saturated rings. The predicted octanol–water partition coefficient (Wildman–Crippen LogP) is 2.98. The molecule has 96 valence electrons. The molecule has 1 rings (SSSR count). The summed E-state index contributed by atoms with van der Waals surface area (Å²) in [6, 6.07) is 3.33. The molecule has 3 nitrogen and oxygen atoms in total. The molecule has 0 saturated carbocycles. The van der Waals surface area contributed by atoms with Crippen molar-refractivity contribution in [2.75, 3.05) is 13.1 Å². The van der Waals surface area contributed by atoms with E-state index in [-0.39, 0.29) is 16.7 Å². The molecule has 0 aromatic rings. The number of hydrogen-bond acceptors (Lipinski definition) is 3. The number of nitrogens with zero attached hydrogens (tertiary/aromatic N) is 3. The van der Waals surface area contributed by atoms with E-state index in [9.17, 15) is 8.78 Å². The van der Waals surface area contributed by atoms with Crippen LogP contribution in [0.5, 0.6) is 0 Å². The van der Waals surface area contributed by atoms with Crippen LogP contribution in [-0.4, -0.2) is 24.4 Å². The number of rotatable bonds is 3. The van der Waals surface area contributed by atoms with E-state index >= 15 is 0 Å². The van der Waals surface area contributed by atoms with Gasteiger partial charge in [-0.3, -0.25) is 0 Å². The maximum atomic E-state index is 13.1. The summed E-state index contributed by atoms with van der Waals surface area (Å²) in [5.74, 6) is 0. The van der Waals surface area contributed by atoms with Gasteiger partial charge >= 0.3 is 0 Å². The minimum atomic E-state index is -2.68. The van der Waals surface area contributed by atoms with Gasteiger partial charge in [0, 0.05) is 24.4 Å². The zero-order chi connectivity index (χ0) is 13.7. The van der Waals surface area contributed by atoms with Gasteiger partial charge in [0.25, 0.3) is 6.43 Å². The summed E-state index contributed by atoms with van der Waals surface area (Å²) in [5.41, 5.74) is 0.126. The fourth-order valence-electron chi connectivity index (χ4n) is 2.14. The van der Waals surface area contributed by atoms with Crippen LogP contribution in [0.2, 0.25) is 0 Å². The number of alkyl halides is 2. The molecule has 0 amide bonds. The first-order valence-electron chi connectivity index (χ1n) is 5.78. The Hall–Kier alpha value is -1.88. The highest BCUT2D eigenvalue weighted by Crippen LogP contribution is 2.28. The lowest BCUT2D eigenvalue weighted by molar-refractivity contribution is 0.187. The predicted molar refractivity (Wildman–Crippen MR) is 63.4 cm³/mol. The molecule has 18 heavy (non-hydrogen) atoms. The number of likely N-dealkylation sites (tertiary alicyclic amines) is 1. The normalized spacial score (nSPS) is 16.1. The fourth-order valence-corrected chi connectivity index (χ4v) is 2.14. The maximum Gasteiger partial charge on any atom is 0.265 e. The number of allylic oxidation sites excluding steroid dienone is 4. The van der Waals surface area contributed by atoms with E-state index in [0.29, 0.717) is 5.70 Å². The third kappa shape index (κ3) is 2.87. The van der Waals surface area contributed by atoms with Crippen LogP contribution in [0.4, 0.5) is 8.78 Å². The van der Waals surface area contributed by atoms with Crippen molar-refractivity contribution >= 4 is 0 Å². The van der Waals surface area contributed by atoms with Gasteiger partial charge in [0.1, 0.15) is 17.7 Å². The molecule has 0 aromatic carbocycles. The number of nitriles is 2. The molecular weight excluding hydrogens is 236 g/mol. The molecule has 0 aliphatic carbocycles. The summed E-state index contributed by atoms with van der Waals surface area (Å²) < 4.78 is 26.3. The molecule has 1 aliphatic rings. The third-order valence-corrected chi connectivity index (χ3v) is 3.19. The third-order valence-electron chi connectivity index (χ3n) is 3.19. The lowest BCUT2D eigenvalue weighted by Crippen LogP contribution is -2.21. The molecule has 1 heterocycles. The lowest BCUT2D eigenvalue weighted by atomic mass is 10.0. The minimum absolute atomic E-state index is 0.0828. The van der Waals surface area contributed by atoms with Crippen molar-refractivity contribution in [3.8, 4) is 12.1 Å². The molecule has 1 saturated heterocycles. The van der Waals surface area contributed by atoms with Crippen LogP contribution < -0.4 is 0 Å². The summed E-state index contributed by atoms with van der Waals surface area (Å²) in [4.78, 5) is 1.89. The van der Waals surface area contributed by atoms with Gasteiger partial charge in [0.05, 0.1) is 0 Å². The van der Waals surface area contributed by atoms with E-state index in [1.165, 1.54) is 6.92 Å². The Balaban J connectivity index is 3.26. The zero-order valence-corrected chi connectivity index (χ0v) is 10.5. The second kappa shape index (κ2) is 6.16. The van der Waals surface area contributed by atoms with Gasteiger partial charge in [-0.15, -0.1) is 0 Å². The van der Waals surface area contributed by atoms with E-state index < -0.39 is 6.43 Å². The number of hydrogen-bond donors (Lipinski definition) is 0. The Bertz CT molecular complexity index is 442. The van der Waals surface area contributed by atoms with Crippen molar-refractivity contribution in [2.45, 2.75) is 33.1 Å². The first-order chi connectivity index (χ1) is 8.52. The quantitative estimate of drug-likeness (QED) is 0.572. The highest BCUT2D eigenvalue weighted by atomic mass is 19.3. The number of halogens is 2. The average Bonchev–Trinajstić information content (AvgIpc) is 2.83. The lowest BCUT2D eigenvalue weighted by Gasteiger charge is -2.22. The Kier molecular flexibility index (Phi) is 4.85. The standard InChI is InChI=1S/C13H15F2N3/c1-9(11(7-16)8-17)12(13(14)15)10(2)18-5-3-4-6-18/h13H,3-6H2,1-2H3/b12-10-. The Morgan fingerprint density at radius 3 is 2.00 bits per heavy atom. The van der Waals surface area contributed by atoms with Crippen LogP contribution in [0.15, 0.2) is 22.4 Å². The van der Waals surface area contributed by atoms with Crippen LogP contribution in [0.3, 0.4) is 0 Å². The molecule has 0 bridgehead atoms. The maximum absolute atomic E-state index is 13.1. The van der Waals surface area contributed by atoms with Crippen molar-refractivity contribution in [1.29, 1.82) is 10.5 Å². The van der Waals surface area contributed by atoms with Crippen LogP contribution in [0.1, 0.15) is 26.7 Å². The minimum Gasteiger partial charge on any atom is -0.375 e. The summed E-state index contributed by atoms with van der Waals surface area (Å²) in [6.45, 7) is 4.54. The van der Waals surface area contributed by atoms with E-state index in [0.717, 1.165) is 25.9 Å².